The Morgan fingerprint density at radius 1 is 0.400 bits per heavy atom. The third-order valence-electron chi connectivity index (χ3n) is 23.5. The van der Waals surface area contributed by atoms with Crippen LogP contribution < -0.4 is 21.3 Å². The van der Waals surface area contributed by atoms with E-state index in [1.165, 1.54) is 0 Å². The molecular formula is C88H155N5O32. The fourth-order valence-electron chi connectivity index (χ4n) is 15.7. The van der Waals surface area contributed by atoms with Crippen LogP contribution >= 0.6 is 0 Å². The first kappa shape index (κ1) is 112. The molecule has 15 unspecified atom stereocenters. The summed E-state index contributed by atoms with van der Waals surface area (Å²) in [5.41, 5.74) is -0.935. The van der Waals surface area contributed by atoms with Crippen molar-refractivity contribution in [1.82, 2.24) is 26.2 Å². The van der Waals surface area contributed by atoms with Gasteiger partial charge in [0.2, 0.25) is 23.5 Å². The van der Waals surface area contributed by atoms with E-state index in [1.54, 1.807) is 39.9 Å². The second-order valence-electron chi connectivity index (χ2n) is 33.7. The number of nitrogens with one attached hydrogen (secondary N) is 4. The normalized spacial score (nSPS) is 24.8. The lowest BCUT2D eigenvalue weighted by Crippen LogP contribution is -2.55. The van der Waals surface area contributed by atoms with Gasteiger partial charge in [-0.15, -0.1) is 0 Å². The van der Waals surface area contributed by atoms with Gasteiger partial charge in [-0.05, 0) is 121 Å². The molecule has 4 aliphatic heterocycles. The molecule has 4 heterocycles. The van der Waals surface area contributed by atoms with E-state index in [1.807, 2.05) is 0 Å². The van der Waals surface area contributed by atoms with E-state index in [0.29, 0.717) is 142 Å². The maximum Gasteiger partial charge on any atom is 0.407 e. The molecule has 4 fully saturated rings. The van der Waals surface area contributed by atoms with E-state index >= 15 is 0 Å². The fraction of sp³-hybridized carbons (Fsp3) is 0.886. The third-order valence-corrected chi connectivity index (χ3v) is 23.5. The van der Waals surface area contributed by atoms with Gasteiger partial charge in [0, 0.05) is 122 Å². The highest BCUT2D eigenvalue weighted by Crippen LogP contribution is 2.40. The Labute approximate surface area is 738 Å². The Bertz CT molecular complexity index is 2770. The maximum absolute atomic E-state index is 14.2. The zero-order chi connectivity index (χ0) is 91.6. The van der Waals surface area contributed by atoms with Crippen LogP contribution in [0.1, 0.15) is 252 Å². The first-order valence-electron chi connectivity index (χ1n) is 46.0. The van der Waals surface area contributed by atoms with Crippen LogP contribution in [0.3, 0.4) is 0 Å². The summed E-state index contributed by atoms with van der Waals surface area (Å²) in [6.45, 7) is 6.35. The van der Waals surface area contributed by atoms with Crippen molar-refractivity contribution in [3.05, 3.63) is 0 Å². The van der Waals surface area contributed by atoms with Crippen LogP contribution in [-0.4, -0.2) is 335 Å². The van der Waals surface area contributed by atoms with Gasteiger partial charge in [0.15, 0.2) is 24.7 Å². The molecule has 37 nitrogen and oxygen atoms in total. The van der Waals surface area contributed by atoms with Crippen LogP contribution in [0.15, 0.2) is 0 Å². The summed E-state index contributed by atoms with van der Waals surface area (Å²) in [6.07, 6.45) is 4.39. The van der Waals surface area contributed by atoms with Crippen LogP contribution in [0.4, 0.5) is 4.79 Å². The second kappa shape index (κ2) is 66.7. The number of nitrogens with zero attached hydrogens (tertiary/aromatic N) is 1. The summed E-state index contributed by atoms with van der Waals surface area (Å²) in [4.78, 5) is 132. The molecule has 4 aliphatic rings. The third kappa shape index (κ3) is 46.1. The number of ketones is 3. The monoisotopic (exact) mass is 1790 g/mol. The summed E-state index contributed by atoms with van der Waals surface area (Å²) in [7, 11) is 3.22. The highest BCUT2D eigenvalue weighted by Gasteiger charge is 2.46. The van der Waals surface area contributed by atoms with E-state index < -0.39 is 147 Å². The van der Waals surface area contributed by atoms with Crippen molar-refractivity contribution in [2.45, 2.75) is 338 Å². The molecule has 125 heavy (non-hydrogen) atoms. The summed E-state index contributed by atoms with van der Waals surface area (Å²) in [5.74, 6) is -4.33. The van der Waals surface area contributed by atoms with Crippen molar-refractivity contribution in [3.8, 4) is 0 Å². The summed E-state index contributed by atoms with van der Waals surface area (Å²) < 4.78 is 72.9. The zero-order valence-corrected chi connectivity index (χ0v) is 75.1. The lowest BCUT2D eigenvalue weighted by molar-refractivity contribution is -0.282. The highest BCUT2D eigenvalue weighted by atomic mass is 16.7. The number of hydrogen-bond acceptors (Lipinski definition) is 32. The number of hydrogen-bond donors (Lipinski definition) is 13. The molecule has 0 aromatic carbocycles. The van der Waals surface area contributed by atoms with Gasteiger partial charge in [0.25, 0.3) is 5.91 Å². The summed E-state index contributed by atoms with van der Waals surface area (Å²) in [6, 6.07) is -0.0502. The molecule has 37 heteroatoms. The minimum absolute atomic E-state index is 0.00155. The Kier molecular flexibility index (Phi) is 59.6. The number of alkyl carbamates (subject to hydrolysis) is 1. The van der Waals surface area contributed by atoms with Crippen molar-refractivity contribution in [2.24, 2.45) is 23.2 Å². The van der Waals surface area contributed by atoms with Crippen LogP contribution in [0.5, 0.6) is 0 Å². The molecule has 17 atom stereocenters. The molecule has 4 rings (SSSR count). The number of ether oxygens (including phenoxy) is 13. The molecule has 0 spiro atoms. The number of amides is 5. The Morgan fingerprint density at radius 3 is 1.26 bits per heavy atom. The average molecular weight is 1800 g/mol. The number of likely N-dealkylation sites (tertiary alicyclic amines) is 1. The van der Waals surface area contributed by atoms with E-state index in [9.17, 15) is 93.9 Å². The number of Topliss-reactive ketones (excluding diaryl/α,β-unsaturated/α-hetero) is 3. The molecule has 0 bridgehead atoms. The number of carbonyl (C=O) groups excluding carboxylic acids is 10. The number of aliphatic hydroxyl groups is 9. The quantitative estimate of drug-likeness (QED) is 0.0177. The minimum Gasteiger partial charge on any atom is -0.466 e. The topological polar surface area (TPSA) is 524 Å². The second-order valence-corrected chi connectivity index (χ2v) is 33.7. The predicted octanol–water partition coefficient (Wildman–Crippen LogP) is 4.07. The molecule has 0 aromatic rings. The van der Waals surface area contributed by atoms with Crippen molar-refractivity contribution >= 4 is 59.0 Å². The Balaban J connectivity index is 1.27. The van der Waals surface area contributed by atoms with Gasteiger partial charge < -0.3 is 134 Å². The molecule has 0 radical (unpaired) electrons. The van der Waals surface area contributed by atoms with E-state index in [-0.39, 0.29) is 165 Å². The molecule has 0 aliphatic carbocycles. The standard InChI is InChI=1S/C88H155N5O32/c1-61-77(105)80(108)69(56-94)123-84(61)119-44-23-31-65(97)29-15-9-6-14-22-42-92-87(112)122-49-28-39-88(37-26-47-117-75(103)35-16-10-7-12-20-40-89-72(100)32-24-45-120-85-62(2)78(106)81(109)70(57-95)124-85,38-27-48-118-76(104)36-17-11-8-13-21-41-90-73(101)33-25-46-121-86-63(3)79(107)82(110)71(58-96)125-86)54-68(99)83(111)91-43-50-115-51-52-116-60-66(98)30-18-19-34-74(102)93-55-67(114-5)53-64(93)59-113-4/h61-64,67,69-71,77-82,84-86,94-96,105-110H,6-60H2,1-5H3,(H,89,100)(H,90,101)(H,91,111)(H,92,112)/t61?,62?,63?,64-,67+,69?,70?,71?,77?,78?,79?,80?,81?,82?,84?,85?,86?,88?/m1/s1. The van der Waals surface area contributed by atoms with Crippen LogP contribution in [0.25, 0.3) is 0 Å². The molecule has 13 N–H and O–H groups in total. The van der Waals surface area contributed by atoms with Crippen LogP contribution in [-0.2, 0) is 105 Å². The van der Waals surface area contributed by atoms with E-state index in [4.69, 9.17) is 61.6 Å². The minimum atomic E-state index is -1.24. The van der Waals surface area contributed by atoms with Gasteiger partial charge >= 0.3 is 18.0 Å². The predicted molar refractivity (Wildman–Crippen MR) is 452 cm³/mol. The number of aliphatic hydroxyl groups excluding tert-OH is 9. The summed E-state index contributed by atoms with van der Waals surface area (Å²) >= 11 is 0. The molecule has 5 amide bonds. The molecule has 724 valence electrons. The van der Waals surface area contributed by atoms with Gasteiger partial charge in [-0.25, -0.2) is 4.79 Å². The summed E-state index contributed by atoms with van der Waals surface area (Å²) in [5, 5.41) is 101. The number of esters is 2. The van der Waals surface area contributed by atoms with Gasteiger partial charge in [-0.2, -0.15) is 0 Å². The van der Waals surface area contributed by atoms with Crippen molar-refractivity contribution in [1.29, 1.82) is 0 Å². The van der Waals surface area contributed by atoms with E-state index in [0.717, 1.165) is 70.6 Å². The van der Waals surface area contributed by atoms with Gasteiger partial charge in [-0.1, -0.05) is 78.6 Å². The molecular weight excluding hydrogens is 1640 g/mol. The number of rotatable bonds is 73. The van der Waals surface area contributed by atoms with Crippen LogP contribution in [0.2, 0.25) is 0 Å². The van der Waals surface area contributed by atoms with Gasteiger partial charge in [0.05, 0.1) is 116 Å². The highest BCUT2D eigenvalue weighted by molar-refractivity contribution is 6.36. The molecule has 0 saturated carbocycles. The Hall–Kier alpha value is -5.66. The van der Waals surface area contributed by atoms with Crippen LogP contribution in [0, 0.1) is 23.2 Å². The number of methoxy groups -OCH3 is 2. The molecule has 0 aromatic heterocycles. The first-order chi connectivity index (χ1) is 60.2. The smallest absolute Gasteiger partial charge is 0.407 e. The van der Waals surface area contributed by atoms with Crippen molar-refractivity contribution in [3.63, 3.8) is 0 Å². The lowest BCUT2D eigenvalue weighted by Gasteiger charge is -2.40. The Morgan fingerprint density at radius 2 is 0.800 bits per heavy atom. The number of unbranched alkanes of at least 4 members (excludes halogenated alkanes) is 13. The van der Waals surface area contributed by atoms with Crippen molar-refractivity contribution in [2.75, 3.05) is 139 Å². The lowest BCUT2D eigenvalue weighted by atomic mass is 9.71. The van der Waals surface area contributed by atoms with Gasteiger partial charge in [0.1, 0.15) is 49.0 Å². The van der Waals surface area contributed by atoms with E-state index in [2.05, 4.69) is 21.3 Å². The SMILES string of the molecule is COC[C@H]1C[C@H](OC)CN1C(=O)CCCCC(=O)COCCOCCNC(=O)C(=O)CC(CCCOC(=O)CCCCCCCNC(=O)CCCOC1OC(CO)C(O)C(O)C1C)(CCCOC(=O)CCCCCCCNC(=O)CCCOC1OC(CO)C(O)C(O)C1C)CCCOC(=O)NCCCCCCCC(=O)CCCOC1OC(CO)C(O)C(O)C1C. The number of carbonyl (C=O) groups is 10. The molecule has 4 saturated heterocycles. The van der Waals surface area contributed by atoms with Crippen molar-refractivity contribution < 1.29 is 155 Å². The fourth-order valence-corrected chi connectivity index (χ4v) is 15.7. The average Bonchev–Trinajstić information content (AvgIpc) is 1.75. The first-order valence-corrected chi connectivity index (χ1v) is 46.0. The maximum atomic E-state index is 14.2. The zero-order valence-electron chi connectivity index (χ0n) is 75.1. The largest absolute Gasteiger partial charge is 0.466 e. The van der Waals surface area contributed by atoms with Gasteiger partial charge in [-0.3, -0.25) is 43.2 Å².